The second-order valence-corrected chi connectivity index (χ2v) is 9.60. The molecule has 0 aromatic heterocycles. The lowest BCUT2D eigenvalue weighted by Gasteiger charge is -2.57. The van der Waals surface area contributed by atoms with Gasteiger partial charge in [0.25, 0.3) is 0 Å². The Morgan fingerprint density at radius 2 is 1.80 bits per heavy atom. The van der Waals surface area contributed by atoms with E-state index in [4.69, 9.17) is 4.74 Å². The van der Waals surface area contributed by atoms with Crippen molar-refractivity contribution >= 4 is 11.8 Å². The number of fused-ring (bicyclic) bond motifs is 6. The molecule has 134 valence electrons. The number of allylic oxidation sites excluding steroid dienone is 4. The van der Waals surface area contributed by atoms with Gasteiger partial charge in [-0.05, 0) is 73.3 Å². The molecule has 0 N–H and O–H groups in total. The first-order valence-corrected chi connectivity index (χ1v) is 10.0. The molecule has 6 atom stereocenters. The van der Waals surface area contributed by atoms with Crippen molar-refractivity contribution in [2.45, 2.75) is 70.8 Å². The number of esters is 1. The maximum absolute atomic E-state index is 11.9. The maximum atomic E-state index is 11.9. The molecule has 0 aromatic rings. The van der Waals surface area contributed by atoms with Crippen molar-refractivity contribution in [3.05, 3.63) is 23.8 Å². The molecule has 25 heavy (non-hydrogen) atoms. The molecule has 1 saturated heterocycles. The average molecular weight is 340 g/mol. The average Bonchev–Trinajstić information content (AvgIpc) is 3.10. The standard InChI is InChI=1S/C22H28O3/c1-20-9-5-15(23)13-14(20)3-4-16-17(20)6-10-21(2)18(16)7-11-22(21)12-8-19(24)25-22/h3-4,13,16-18H,5-12H2,1-2H3/t16-,17+,18+,20+,21-,22+/m0/s1. The summed E-state index contributed by atoms with van der Waals surface area (Å²) in [6, 6.07) is 0. The largest absolute Gasteiger partial charge is 0.458 e. The van der Waals surface area contributed by atoms with Crippen LogP contribution in [0.25, 0.3) is 0 Å². The van der Waals surface area contributed by atoms with Crippen LogP contribution in [0.4, 0.5) is 0 Å². The van der Waals surface area contributed by atoms with Crippen molar-refractivity contribution in [2.75, 3.05) is 0 Å². The smallest absolute Gasteiger partial charge is 0.306 e. The van der Waals surface area contributed by atoms with Gasteiger partial charge in [0.05, 0.1) is 0 Å². The van der Waals surface area contributed by atoms with Crippen LogP contribution in [0.5, 0.6) is 0 Å². The molecule has 0 unspecified atom stereocenters. The molecule has 1 aliphatic heterocycles. The van der Waals surface area contributed by atoms with E-state index in [1.807, 2.05) is 6.08 Å². The Morgan fingerprint density at radius 1 is 1.00 bits per heavy atom. The van der Waals surface area contributed by atoms with Gasteiger partial charge in [-0.25, -0.2) is 0 Å². The van der Waals surface area contributed by atoms with Crippen LogP contribution >= 0.6 is 0 Å². The molecule has 1 heterocycles. The summed E-state index contributed by atoms with van der Waals surface area (Å²) in [6.07, 6.45) is 14.3. The van der Waals surface area contributed by atoms with Gasteiger partial charge in [-0.2, -0.15) is 0 Å². The van der Waals surface area contributed by atoms with Crippen LogP contribution in [0, 0.1) is 28.6 Å². The fourth-order valence-electron chi connectivity index (χ4n) is 7.29. The van der Waals surface area contributed by atoms with Gasteiger partial charge in [0.1, 0.15) is 5.60 Å². The number of carbonyl (C=O) groups is 2. The van der Waals surface area contributed by atoms with Gasteiger partial charge >= 0.3 is 5.97 Å². The summed E-state index contributed by atoms with van der Waals surface area (Å²) in [5.41, 5.74) is 1.32. The van der Waals surface area contributed by atoms with E-state index >= 15 is 0 Å². The Kier molecular flexibility index (Phi) is 3.08. The zero-order chi connectivity index (χ0) is 17.4. The highest BCUT2D eigenvalue weighted by Gasteiger charge is 2.66. The summed E-state index contributed by atoms with van der Waals surface area (Å²) < 4.78 is 5.99. The van der Waals surface area contributed by atoms with Crippen LogP contribution in [0.2, 0.25) is 0 Å². The van der Waals surface area contributed by atoms with Crippen LogP contribution < -0.4 is 0 Å². The topological polar surface area (TPSA) is 43.4 Å². The summed E-state index contributed by atoms with van der Waals surface area (Å²) >= 11 is 0. The number of ketones is 1. The van der Waals surface area contributed by atoms with Gasteiger partial charge in [-0.3, -0.25) is 9.59 Å². The summed E-state index contributed by atoms with van der Waals surface area (Å²) in [5.74, 6) is 2.08. The molecule has 1 spiro atoms. The van der Waals surface area contributed by atoms with Gasteiger partial charge in [0.2, 0.25) is 0 Å². The first kappa shape index (κ1) is 15.8. The van der Waals surface area contributed by atoms with Gasteiger partial charge in [-0.15, -0.1) is 0 Å². The third-order valence-electron chi connectivity index (χ3n) is 8.85. The van der Waals surface area contributed by atoms with E-state index in [1.54, 1.807) is 0 Å². The molecule has 3 fully saturated rings. The first-order valence-electron chi connectivity index (χ1n) is 10.0. The van der Waals surface area contributed by atoms with Crippen LogP contribution in [-0.2, 0) is 14.3 Å². The lowest BCUT2D eigenvalue weighted by atomic mass is 9.48. The van der Waals surface area contributed by atoms with Gasteiger partial charge in [0, 0.05) is 18.3 Å². The van der Waals surface area contributed by atoms with Crippen LogP contribution in [0.1, 0.15) is 65.2 Å². The molecule has 3 heteroatoms. The van der Waals surface area contributed by atoms with E-state index in [1.165, 1.54) is 18.4 Å². The predicted octanol–water partition coefficient (Wildman–Crippen LogP) is 4.37. The van der Waals surface area contributed by atoms with E-state index in [0.717, 1.165) is 25.7 Å². The number of hydrogen-bond donors (Lipinski definition) is 0. The molecule has 5 rings (SSSR count). The van der Waals surface area contributed by atoms with E-state index in [-0.39, 0.29) is 28.2 Å². The van der Waals surface area contributed by atoms with Gasteiger partial charge < -0.3 is 4.74 Å². The summed E-state index contributed by atoms with van der Waals surface area (Å²) in [7, 11) is 0. The van der Waals surface area contributed by atoms with Gasteiger partial charge in [-0.1, -0.05) is 26.0 Å². The van der Waals surface area contributed by atoms with Crippen LogP contribution in [0.3, 0.4) is 0 Å². The zero-order valence-electron chi connectivity index (χ0n) is 15.3. The van der Waals surface area contributed by atoms with Crippen molar-refractivity contribution in [1.82, 2.24) is 0 Å². The molecule has 0 amide bonds. The molecule has 2 saturated carbocycles. The minimum atomic E-state index is -0.201. The minimum absolute atomic E-state index is 0.00570. The van der Waals surface area contributed by atoms with Crippen molar-refractivity contribution in [2.24, 2.45) is 28.6 Å². The number of hydrogen-bond acceptors (Lipinski definition) is 3. The van der Waals surface area contributed by atoms with E-state index in [9.17, 15) is 9.59 Å². The number of ether oxygens (including phenoxy) is 1. The highest BCUT2D eigenvalue weighted by Crippen LogP contribution is 2.68. The highest BCUT2D eigenvalue weighted by atomic mass is 16.6. The normalized spacial score (nSPS) is 51.0. The Hall–Kier alpha value is -1.38. The van der Waals surface area contributed by atoms with Crippen LogP contribution in [0.15, 0.2) is 23.8 Å². The molecule has 0 radical (unpaired) electrons. The van der Waals surface area contributed by atoms with E-state index in [0.29, 0.717) is 30.6 Å². The monoisotopic (exact) mass is 340 g/mol. The van der Waals surface area contributed by atoms with E-state index < -0.39 is 0 Å². The first-order chi connectivity index (χ1) is 11.9. The van der Waals surface area contributed by atoms with Crippen molar-refractivity contribution in [1.29, 1.82) is 0 Å². The van der Waals surface area contributed by atoms with Crippen molar-refractivity contribution < 1.29 is 14.3 Å². The van der Waals surface area contributed by atoms with Gasteiger partial charge in [0.15, 0.2) is 5.78 Å². The van der Waals surface area contributed by atoms with Crippen LogP contribution in [-0.4, -0.2) is 17.4 Å². The SMILES string of the molecule is C[C@]12CC[C@@H]3[C@H](C=CC4=CC(=O)CC[C@]43C)[C@H]1CC[C@@]21CCC(=O)O1. The van der Waals surface area contributed by atoms with Crippen molar-refractivity contribution in [3.63, 3.8) is 0 Å². The molecule has 0 aromatic carbocycles. The Labute approximate surface area is 149 Å². The minimum Gasteiger partial charge on any atom is -0.458 e. The molecule has 5 aliphatic rings. The van der Waals surface area contributed by atoms with E-state index in [2.05, 4.69) is 26.0 Å². The third-order valence-corrected chi connectivity index (χ3v) is 8.85. The lowest BCUT2D eigenvalue weighted by molar-refractivity contribution is -0.165. The second kappa shape index (κ2) is 4.86. The molecule has 4 aliphatic carbocycles. The molecule has 3 nitrogen and oxygen atoms in total. The Morgan fingerprint density at radius 3 is 2.56 bits per heavy atom. The zero-order valence-corrected chi connectivity index (χ0v) is 15.3. The molecule has 0 bridgehead atoms. The quantitative estimate of drug-likeness (QED) is 0.615. The van der Waals surface area contributed by atoms with Crippen molar-refractivity contribution in [3.8, 4) is 0 Å². The highest BCUT2D eigenvalue weighted by molar-refractivity contribution is 5.92. The Balaban J connectivity index is 1.53. The number of carbonyl (C=O) groups excluding carboxylic acids is 2. The third kappa shape index (κ3) is 1.88. The molecular weight excluding hydrogens is 312 g/mol. The maximum Gasteiger partial charge on any atom is 0.306 e. The number of rotatable bonds is 0. The molecular formula is C22H28O3. The fraction of sp³-hybridized carbons (Fsp3) is 0.727. The Bertz CT molecular complexity index is 719. The second-order valence-electron chi connectivity index (χ2n) is 9.60. The summed E-state index contributed by atoms with van der Waals surface area (Å²) in [6.45, 7) is 4.78. The fourth-order valence-corrected chi connectivity index (χ4v) is 7.29. The summed E-state index contributed by atoms with van der Waals surface area (Å²) in [4.78, 5) is 23.8. The predicted molar refractivity (Wildman–Crippen MR) is 94.7 cm³/mol. The lowest BCUT2D eigenvalue weighted by Crippen LogP contribution is -2.53. The summed E-state index contributed by atoms with van der Waals surface area (Å²) in [5, 5.41) is 0.